The van der Waals surface area contributed by atoms with Crippen molar-refractivity contribution in [1.82, 2.24) is 19.2 Å². The average molecular weight is 387 g/mol. The molecule has 2 aromatic carbocycles. The first kappa shape index (κ1) is 16.9. The number of rotatable bonds is 5. The van der Waals surface area contributed by atoms with Crippen molar-refractivity contribution in [3.8, 4) is 5.75 Å². The van der Waals surface area contributed by atoms with Crippen molar-refractivity contribution in [1.29, 1.82) is 0 Å². The molecule has 2 heterocycles. The van der Waals surface area contributed by atoms with E-state index >= 15 is 0 Å². The molecule has 0 atom stereocenters. The molecule has 26 heavy (non-hydrogen) atoms. The number of hydrogen-bond donors (Lipinski definition) is 0. The van der Waals surface area contributed by atoms with E-state index in [9.17, 15) is 4.79 Å². The van der Waals surface area contributed by atoms with Crippen molar-refractivity contribution >= 4 is 40.0 Å². The van der Waals surface area contributed by atoms with Crippen molar-refractivity contribution in [2.75, 3.05) is 12.4 Å². The van der Waals surface area contributed by atoms with Gasteiger partial charge < -0.3 is 4.74 Å². The van der Waals surface area contributed by atoms with E-state index in [2.05, 4.69) is 10.2 Å². The molecule has 8 heteroatoms. The molecule has 0 N–H and O–H groups in total. The van der Waals surface area contributed by atoms with Gasteiger partial charge in [-0.25, -0.2) is 0 Å². The van der Waals surface area contributed by atoms with Gasteiger partial charge in [-0.05, 0) is 30.3 Å². The Morgan fingerprint density at radius 2 is 2.00 bits per heavy atom. The number of aryl methyl sites for hydroxylation is 1. The molecule has 0 saturated carbocycles. The fourth-order valence-electron chi connectivity index (χ4n) is 2.75. The normalized spacial score (nSPS) is 11.3. The topological polar surface area (TPSA) is 61.4 Å². The molecule has 4 aromatic rings. The quantitative estimate of drug-likeness (QED) is 0.388. The van der Waals surface area contributed by atoms with E-state index in [1.165, 1.54) is 16.3 Å². The third-order valence-corrected chi connectivity index (χ3v) is 5.10. The highest BCUT2D eigenvalue weighted by Crippen LogP contribution is 2.22. The van der Waals surface area contributed by atoms with Gasteiger partial charge in [0.1, 0.15) is 5.75 Å². The van der Waals surface area contributed by atoms with E-state index in [1.807, 2.05) is 40.8 Å². The van der Waals surface area contributed by atoms with Crippen molar-refractivity contribution in [3.63, 3.8) is 0 Å². The molecule has 0 fully saturated rings. The van der Waals surface area contributed by atoms with Crippen LogP contribution in [0.1, 0.15) is 0 Å². The standard InChI is InChI=1S/C18H15ClN4O2S/c1-22-16(24)14-7-2-3-8-15(14)23-17(22)20-21-18(23)26-10-9-25-13-6-4-5-12(19)11-13/h2-8,11H,9-10H2,1H3. The summed E-state index contributed by atoms with van der Waals surface area (Å²) in [5.41, 5.74) is 0.718. The number of ether oxygens (including phenoxy) is 1. The van der Waals surface area contributed by atoms with Gasteiger partial charge >= 0.3 is 0 Å². The average Bonchev–Trinajstić information content (AvgIpc) is 3.08. The predicted molar refractivity (Wildman–Crippen MR) is 103 cm³/mol. The summed E-state index contributed by atoms with van der Waals surface area (Å²) >= 11 is 7.48. The summed E-state index contributed by atoms with van der Waals surface area (Å²) in [5, 5.41) is 10.4. The van der Waals surface area contributed by atoms with E-state index in [1.54, 1.807) is 19.2 Å². The van der Waals surface area contributed by atoms with Crippen LogP contribution in [0.5, 0.6) is 5.75 Å². The number of nitrogens with zero attached hydrogens (tertiary/aromatic N) is 4. The lowest BCUT2D eigenvalue weighted by molar-refractivity contribution is 0.344. The molecule has 132 valence electrons. The van der Waals surface area contributed by atoms with Gasteiger partial charge in [-0.1, -0.05) is 41.6 Å². The Morgan fingerprint density at radius 1 is 1.15 bits per heavy atom. The Balaban J connectivity index is 1.58. The third-order valence-electron chi connectivity index (χ3n) is 3.98. The highest BCUT2D eigenvalue weighted by atomic mass is 35.5. The first-order valence-corrected chi connectivity index (χ1v) is 9.35. The van der Waals surface area contributed by atoms with Crippen molar-refractivity contribution in [2.45, 2.75) is 5.16 Å². The maximum atomic E-state index is 12.4. The summed E-state index contributed by atoms with van der Waals surface area (Å²) in [6.07, 6.45) is 0. The summed E-state index contributed by atoms with van der Waals surface area (Å²) in [4.78, 5) is 12.4. The molecule has 0 aliphatic heterocycles. The van der Waals surface area contributed by atoms with Gasteiger partial charge in [-0.15, -0.1) is 10.2 Å². The number of para-hydroxylation sites is 1. The zero-order valence-corrected chi connectivity index (χ0v) is 15.5. The second-order valence-corrected chi connectivity index (χ2v) is 7.15. The van der Waals surface area contributed by atoms with Crippen LogP contribution in [0.2, 0.25) is 5.02 Å². The number of benzene rings is 2. The number of hydrogen-bond acceptors (Lipinski definition) is 5. The summed E-state index contributed by atoms with van der Waals surface area (Å²) < 4.78 is 9.13. The maximum Gasteiger partial charge on any atom is 0.262 e. The Labute approximate surface area is 158 Å². The van der Waals surface area contributed by atoms with Crippen LogP contribution >= 0.6 is 23.4 Å². The number of fused-ring (bicyclic) bond motifs is 3. The van der Waals surface area contributed by atoms with E-state index < -0.39 is 0 Å². The molecule has 0 aliphatic rings. The molecular formula is C18H15ClN4O2S. The van der Waals surface area contributed by atoms with E-state index in [0.717, 1.165) is 16.4 Å². The zero-order valence-electron chi connectivity index (χ0n) is 13.9. The smallest absolute Gasteiger partial charge is 0.262 e. The molecule has 0 spiro atoms. The van der Waals surface area contributed by atoms with Gasteiger partial charge in [0.25, 0.3) is 5.56 Å². The molecule has 4 rings (SSSR count). The lowest BCUT2D eigenvalue weighted by Crippen LogP contribution is -2.20. The molecule has 0 aliphatic carbocycles. The molecule has 2 aromatic heterocycles. The van der Waals surface area contributed by atoms with Gasteiger partial charge in [0.05, 0.1) is 17.5 Å². The zero-order chi connectivity index (χ0) is 18.1. The third kappa shape index (κ3) is 3.04. The number of thioether (sulfide) groups is 1. The van der Waals surface area contributed by atoms with E-state index in [4.69, 9.17) is 16.3 Å². The molecule has 0 unspecified atom stereocenters. The summed E-state index contributed by atoms with van der Waals surface area (Å²) in [6, 6.07) is 14.8. The highest BCUT2D eigenvalue weighted by molar-refractivity contribution is 7.99. The van der Waals surface area contributed by atoms with Crippen LogP contribution in [0.3, 0.4) is 0 Å². The van der Waals surface area contributed by atoms with Crippen molar-refractivity contribution in [3.05, 3.63) is 63.9 Å². The second kappa shape index (κ2) is 7.01. The van der Waals surface area contributed by atoms with Gasteiger partial charge in [-0.2, -0.15) is 0 Å². The maximum absolute atomic E-state index is 12.4. The largest absolute Gasteiger partial charge is 0.493 e. The fourth-order valence-corrected chi connectivity index (χ4v) is 3.69. The molecule has 0 amide bonds. The SMILES string of the molecule is Cn1c(=O)c2ccccc2n2c(SCCOc3cccc(Cl)c3)nnc12. The molecule has 6 nitrogen and oxygen atoms in total. The lowest BCUT2D eigenvalue weighted by Gasteiger charge is -2.08. The summed E-state index contributed by atoms with van der Waals surface area (Å²) in [7, 11) is 1.70. The Bertz CT molecular complexity index is 1160. The fraction of sp³-hybridized carbons (Fsp3) is 0.167. The van der Waals surface area contributed by atoms with Crippen LogP contribution in [0.25, 0.3) is 16.7 Å². The molecular weight excluding hydrogens is 372 g/mol. The minimum Gasteiger partial charge on any atom is -0.493 e. The Morgan fingerprint density at radius 3 is 2.85 bits per heavy atom. The molecule has 0 saturated heterocycles. The van der Waals surface area contributed by atoms with E-state index in [0.29, 0.717) is 28.5 Å². The molecule has 0 bridgehead atoms. The van der Waals surface area contributed by atoms with Gasteiger partial charge in [0, 0.05) is 17.8 Å². The summed E-state index contributed by atoms with van der Waals surface area (Å²) in [6.45, 7) is 0.504. The van der Waals surface area contributed by atoms with Crippen LogP contribution in [-0.4, -0.2) is 31.5 Å². The summed E-state index contributed by atoms with van der Waals surface area (Å²) in [5.74, 6) is 1.94. The van der Waals surface area contributed by atoms with E-state index in [-0.39, 0.29) is 5.56 Å². The van der Waals surface area contributed by atoms with Crippen molar-refractivity contribution < 1.29 is 4.74 Å². The first-order chi connectivity index (χ1) is 12.6. The Hall–Kier alpha value is -2.51. The van der Waals surface area contributed by atoms with Gasteiger partial charge in [0.15, 0.2) is 5.16 Å². The Kier molecular flexibility index (Phi) is 4.57. The van der Waals surface area contributed by atoms with Crippen molar-refractivity contribution in [2.24, 2.45) is 7.05 Å². The van der Waals surface area contributed by atoms with Crippen LogP contribution in [0.15, 0.2) is 58.5 Å². The highest BCUT2D eigenvalue weighted by Gasteiger charge is 2.14. The van der Waals surface area contributed by atoms with Crippen LogP contribution in [-0.2, 0) is 7.05 Å². The van der Waals surface area contributed by atoms with Gasteiger partial charge in [0.2, 0.25) is 5.78 Å². The predicted octanol–water partition coefficient (Wildman–Crippen LogP) is 3.41. The lowest BCUT2D eigenvalue weighted by atomic mass is 10.2. The monoisotopic (exact) mass is 386 g/mol. The molecule has 0 radical (unpaired) electrons. The van der Waals surface area contributed by atoms with Crippen LogP contribution < -0.4 is 10.3 Å². The minimum atomic E-state index is -0.0821. The van der Waals surface area contributed by atoms with Gasteiger partial charge in [-0.3, -0.25) is 13.8 Å². The number of halogens is 1. The minimum absolute atomic E-state index is 0.0821. The number of aromatic nitrogens is 4. The second-order valence-electron chi connectivity index (χ2n) is 5.65. The van der Waals surface area contributed by atoms with Crippen LogP contribution in [0, 0.1) is 0 Å². The first-order valence-electron chi connectivity index (χ1n) is 7.99. The van der Waals surface area contributed by atoms with Crippen LogP contribution in [0.4, 0.5) is 0 Å².